The highest BCUT2D eigenvalue weighted by Crippen LogP contribution is 2.22. The topological polar surface area (TPSA) is 87.1 Å². The highest BCUT2D eigenvalue weighted by molar-refractivity contribution is 6.42. The molecule has 0 saturated carbocycles. The molecule has 1 aromatic heterocycles. The van der Waals surface area contributed by atoms with Crippen LogP contribution in [0.2, 0.25) is 10.0 Å². The largest absolute Gasteiger partial charge is 0.395 e. The second-order valence-electron chi connectivity index (χ2n) is 4.30. The molecule has 0 aliphatic heterocycles. The van der Waals surface area contributed by atoms with Crippen molar-refractivity contribution in [3.63, 3.8) is 0 Å². The van der Waals surface area contributed by atoms with Crippen molar-refractivity contribution in [3.05, 3.63) is 60.7 Å². The van der Waals surface area contributed by atoms with Gasteiger partial charge in [-0.05, 0) is 17.7 Å². The number of aliphatic hydroxyl groups is 1. The van der Waals surface area contributed by atoms with Crippen LogP contribution in [0.3, 0.4) is 0 Å². The van der Waals surface area contributed by atoms with Crippen molar-refractivity contribution in [1.29, 1.82) is 0 Å². The van der Waals surface area contributed by atoms with Gasteiger partial charge in [0, 0.05) is 12.6 Å². The lowest BCUT2D eigenvalue weighted by Gasteiger charge is -2.08. The molecule has 3 N–H and O–H groups in total. The number of nitrogens with one attached hydrogen (secondary N) is 2. The van der Waals surface area contributed by atoms with Crippen LogP contribution < -0.4 is 16.6 Å². The van der Waals surface area contributed by atoms with Crippen molar-refractivity contribution in [1.82, 2.24) is 9.55 Å². The third-order valence-corrected chi connectivity index (χ3v) is 3.55. The van der Waals surface area contributed by atoms with Crippen LogP contribution in [-0.4, -0.2) is 21.3 Å². The fourth-order valence-electron chi connectivity index (χ4n) is 1.77. The molecule has 0 radical (unpaired) electrons. The van der Waals surface area contributed by atoms with E-state index in [1.165, 1.54) is 6.07 Å². The molecule has 0 aliphatic carbocycles. The molecule has 1 aromatic carbocycles. The molecule has 0 unspecified atom stereocenters. The maximum Gasteiger partial charge on any atom is 0.329 e. The van der Waals surface area contributed by atoms with Crippen molar-refractivity contribution in [2.45, 2.75) is 13.1 Å². The summed E-state index contributed by atoms with van der Waals surface area (Å²) in [6, 6.07) is 6.41. The number of nitrogens with zero attached hydrogens (tertiary/aromatic N) is 1. The van der Waals surface area contributed by atoms with Crippen LogP contribution in [0.15, 0.2) is 33.9 Å². The summed E-state index contributed by atoms with van der Waals surface area (Å²) >= 11 is 11.7. The molecular formula is C13H13Cl2N3O3. The minimum atomic E-state index is -0.576. The van der Waals surface area contributed by atoms with Crippen LogP contribution in [0.5, 0.6) is 0 Å². The van der Waals surface area contributed by atoms with Gasteiger partial charge in [-0.15, -0.1) is 0 Å². The molecular weight excluding hydrogens is 317 g/mol. The Bertz CT molecular complexity index is 724. The molecule has 2 aromatic rings. The minimum absolute atomic E-state index is 0.0404. The lowest BCUT2D eigenvalue weighted by atomic mass is 10.2. The average molecular weight is 330 g/mol. The standard InChI is InChI=1S/C13H13Cl2N3O3/c14-9-2-1-8(5-10(9)15)7-16-11-6-12(20)18(3-4-19)13(21)17-11/h1-2,5-6,16,19H,3-4,7H2,(H,17,21). The molecule has 0 atom stereocenters. The van der Waals surface area contributed by atoms with Gasteiger partial charge in [0.1, 0.15) is 5.82 Å². The summed E-state index contributed by atoms with van der Waals surface area (Å²) in [5, 5.41) is 12.6. The number of aromatic amines is 1. The van der Waals surface area contributed by atoms with E-state index >= 15 is 0 Å². The Morgan fingerprint density at radius 1 is 1.19 bits per heavy atom. The van der Waals surface area contributed by atoms with E-state index in [1.54, 1.807) is 18.2 Å². The number of rotatable bonds is 5. The monoisotopic (exact) mass is 329 g/mol. The number of aliphatic hydroxyl groups excluding tert-OH is 1. The van der Waals surface area contributed by atoms with E-state index in [-0.39, 0.29) is 13.2 Å². The fraction of sp³-hybridized carbons (Fsp3) is 0.231. The molecule has 0 saturated heterocycles. The highest BCUT2D eigenvalue weighted by atomic mass is 35.5. The normalized spacial score (nSPS) is 10.6. The molecule has 0 spiro atoms. The summed E-state index contributed by atoms with van der Waals surface area (Å²) in [6.45, 7) is 0.0521. The Balaban J connectivity index is 2.15. The van der Waals surface area contributed by atoms with Gasteiger partial charge in [-0.2, -0.15) is 0 Å². The third-order valence-electron chi connectivity index (χ3n) is 2.81. The summed E-state index contributed by atoms with van der Waals surface area (Å²) < 4.78 is 0.921. The smallest absolute Gasteiger partial charge is 0.329 e. The van der Waals surface area contributed by atoms with Gasteiger partial charge in [-0.3, -0.25) is 14.3 Å². The van der Waals surface area contributed by atoms with E-state index in [0.29, 0.717) is 22.4 Å². The Kier molecular flexibility index (Phi) is 5.06. The van der Waals surface area contributed by atoms with E-state index in [1.807, 2.05) is 0 Å². The summed E-state index contributed by atoms with van der Waals surface area (Å²) in [6.07, 6.45) is 0. The van der Waals surface area contributed by atoms with Gasteiger partial charge in [0.15, 0.2) is 0 Å². The Morgan fingerprint density at radius 3 is 2.57 bits per heavy atom. The van der Waals surface area contributed by atoms with Gasteiger partial charge < -0.3 is 10.4 Å². The first-order valence-electron chi connectivity index (χ1n) is 6.14. The first-order valence-corrected chi connectivity index (χ1v) is 6.89. The Labute approximate surface area is 130 Å². The third kappa shape index (κ3) is 3.87. The van der Waals surface area contributed by atoms with Crippen LogP contribution in [0.4, 0.5) is 5.82 Å². The second kappa shape index (κ2) is 6.80. The lowest BCUT2D eigenvalue weighted by molar-refractivity contribution is 0.271. The number of halogens is 2. The minimum Gasteiger partial charge on any atom is -0.395 e. The van der Waals surface area contributed by atoms with E-state index in [9.17, 15) is 9.59 Å². The second-order valence-corrected chi connectivity index (χ2v) is 5.12. The van der Waals surface area contributed by atoms with Crippen molar-refractivity contribution >= 4 is 29.0 Å². The van der Waals surface area contributed by atoms with Crippen LogP contribution >= 0.6 is 23.2 Å². The summed E-state index contributed by atoms with van der Waals surface area (Å²) in [4.78, 5) is 25.9. The predicted octanol–water partition coefficient (Wildman–Crippen LogP) is 1.45. The number of aromatic nitrogens is 2. The number of benzene rings is 1. The summed E-state index contributed by atoms with van der Waals surface area (Å²) in [7, 11) is 0. The molecule has 6 nitrogen and oxygen atoms in total. The molecule has 1 heterocycles. The quantitative estimate of drug-likeness (QED) is 0.774. The lowest BCUT2D eigenvalue weighted by Crippen LogP contribution is -2.36. The number of H-pyrrole nitrogens is 1. The number of hydrogen-bond donors (Lipinski definition) is 3. The van der Waals surface area contributed by atoms with Crippen molar-refractivity contribution in [3.8, 4) is 0 Å². The molecule has 0 bridgehead atoms. The summed E-state index contributed by atoms with van der Waals surface area (Å²) in [5.41, 5.74) is -0.206. The molecule has 0 amide bonds. The van der Waals surface area contributed by atoms with Gasteiger partial charge in [0.25, 0.3) is 5.56 Å². The number of anilines is 1. The average Bonchev–Trinajstić information content (AvgIpc) is 2.44. The van der Waals surface area contributed by atoms with Gasteiger partial charge in [0.05, 0.1) is 23.2 Å². The van der Waals surface area contributed by atoms with Crippen molar-refractivity contribution in [2.24, 2.45) is 0 Å². The molecule has 0 fully saturated rings. The zero-order valence-electron chi connectivity index (χ0n) is 10.9. The maximum absolute atomic E-state index is 11.7. The van der Waals surface area contributed by atoms with Crippen molar-refractivity contribution < 1.29 is 5.11 Å². The van der Waals surface area contributed by atoms with Crippen LogP contribution in [0, 0.1) is 0 Å². The fourth-order valence-corrected chi connectivity index (χ4v) is 2.09. The van der Waals surface area contributed by atoms with Crippen LogP contribution in [0.25, 0.3) is 0 Å². The highest BCUT2D eigenvalue weighted by Gasteiger charge is 2.04. The van der Waals surface area contributed by atoms with Crippen LogP contribution in [-0.2, 0) is 13.1 Å². The van der Waals surface area contributed by atoms with E-state index < -0.39 is 11.2 Å². The zero-order chi connectivity index (χ0) is 15.4. The number of hydrogen-bond acceptors (Lipinski definition) is 4. The molecule has 0 aliphatic rings. The zero-order valence-corrected chi connectivity index (χ0v) is 12.4. The van der Waals surface area contributed by atoms with E-state index in [4.69, 9.17) is 28.3 Å². The van der Waals surface area contributed by atoms with Gasteiger partial charge in [-0.25, -0.2) is 4.79 Å². The Hall–Kier alpha value is -1.76. The molecule has 21 heavy (non-hydrogen) atoms. The summed E-state index contributed by atoms with van der Waals surface area (Å²) in [5.74, 6) is 0.297. The Morgan fingerprint density at radius 2 is 1.95 bits per heavy atom. The first-order chi connectivity index (χ1) is 10.0. The first kappa shape index (κ1) is 15.6. The van der Waals surface area contributed by atoms with E-state index in [2.05, 4.69) is 10.3 Å². The van der Waals surface area contributed by atoms with Gasteiger partial charge in [-0.1, -0.05) is 29.3 Å². The predicted molar refractivity (Wildman–Crippen MR) is 82.2 cm³/mol. The van der Waals surface area contributed by atoms with E-state index in [0.717, 1.165) is 10.1 Å². The van der Waals surface area contributed by atoms with Crippen molar-refractivity contribution in [2.75, 3.05) is 11.9 Å². The molecule has 2 rings (SSSR count). The SMILES string of the molecule is O=c1cc(NCc2ccc(Cl)c(Cl)c2)[nH]c(=O)n1CCO. The maximum atomic E-state index is 11.7. The van der Waals surface area contributed by atoms with Gasteiger partial charge in [0.2, 0.25) is 0 Å². The van der Waals surface area contributed by atoms with Gasteiger partial charge >= 0.3 is 5.69 Å². The van der Waals surface area contributed by atoms with Crippen LogP contribution in [0.1, 0.15) is 5.56 Å². The molecule has 8 heteroatoms. The molecule has 112 valence electrons.